The van der Waals surface area contributed by atoms with Crippen molar-refractivity contribution in [2.45, 2.75) is 59.5 Å². The molecule has 0 aliphatic heterocycles. The van der Waals surface area contributed by atoms with E-state index in [1.165, 1.54) is 16.7 Å². The molecule has 22 heavy (non-hydrogen) atoms. The Morgan fingerprint density at radius 2 is 1.73 bits per heavy atom. The lowest BCUT2D eigenvalue weighted by Gasteiger charge is -2.25. The lowest BCUT2D eigenvalue weighted by atomic mass is 9.83. The monoisotopic (exact) mass is 297 g/mol. The molecule has 0 fully saturated rings. The summed E-state index contributed by atoms with van der Waals surface area (Å²) in [6, 6.07) is 10.8. The number of benzene rings is 1. The number of nitrogens with zero attached hydrogens (tertiary/aromatic N) is 1. The molecular formula is C20H27NO. The summed E-state index contributed by atoms with van der Waals surface area (Å²) in [5.41, 5.74) is 6.81. The third-order valence-electron chi connectivity index (χ3n) is 4.57. The van der Waals surface area contributed by atoms with Crippen molar-refractivity contribution in [1.82, 2.24) is 4.98 Å². The topological polar surface area (TPSA) is 33.1 Å². The fourth-order valence-electron chi connectivity index (χ4n) is 2.78. The highest BCUT2D eigenvalue weighted by atomic mass is 16.3. The van der Waals surface area contributed by atoms with Gasteiger partial charge in [0.15, 0.2) is 0 Å². The summed E-state index contributed by atoms with van der Waals surface area (Å²) in [6.45, 7) is 10.8. The normalized spacial score (nSPS) is 11.7. The number of aliphatic hydroxyl groups excluding tert-OH is 1. The van der Waals surface area contributed by atoms with E-state index in [9.17, 15) is 5.11 Å². The Morgan fingerprint density at radius 1 is 1.09 bits per heavy atom. The molecule has 2 rings (SSSR count). The van der Waals surface area contributed by atoms with Crippen molar-refractivity contribution in [2.75, 3.05) is 0 Å². The number of aromatic nitrogens is 1. The Bertz CT molecular complexity index is 642. The predicted molar refractivity (Wildman–Crippen MR) is 92.2 cm³/mol. The largest absolute Gasteiger partial charge is 0.390 e. The molecule has 1 N–H and O–H groups in total. The van der Waals surface area contributed by atoms with E-state index >= 15 is 0 Å². The van der Waals surface area contributed by atoms with Crippen molar-refractivity contribution in [3.05, 3.63) is 64.0 Å². The first-order valence-electron chi connectivity index (χ1n) is 8.03. The van der Waals surface area contributed by atoms with Crippen LogP contribution < -0.4 is 0 Å². The van der Waals surface area contributed by atoms with Crippen LogP contribution in [-0.4, -0.2) is 10.1 Å². The van der Waals surface area contributed by atoms with Gasteiger partial charge in [-0.05, 0) is 43.4 Å². The van der Waals surface area contributed by atoms with E-state index < -0.39 is 0 Å². The minimum Gasteiger partial charge on any atom is -0.390 e. The molecule has 0 bridgehead atoms. The Labute approximate surface area is 134 Å². The Morgan fingerprint density at radius 3 is 2.27 bits per heavy atom. The van der Waals surface area contributed by atoms with Gasteiger partial charge in [0.05, 0.1) is 12.3 Å². The number of hydrogen-bond acceptors (Lipinski definition) is 2. The van der Waals surface area contributed by atoms with Gasteiger partial charge in [0.1, 0.15) is 0 Å². The average molecular weight is 297 g/mol. The van der Waals surface area contributed by atoms with Crippen LogP contribution in [0.25, 0.3) is 0 Å². The van der Waals surface area contributed by atoms with E-state index in [0.29, 0.717) is 0 Å². The molecule has 0 aliphatic carbocycles. The van der Waals surface area contributed by atoms with Crippen LogP contribution in [0.15, 0.2) is 30.3 Å². The highest BCUT2D eigenvalue weighted by Gasteiger charge is 2.23. The van der Waals surface area contributed by atoms with Crippen LogP contribution in [0.3, 0.4) is 0 Å². The summed E-state index contributed by atoms with van der Waals surface area (Å²) in [7, 11) is 0. The molecule has 1 aromatic carbocycles. The summed E-state index contributed by atoms with van der Waals surface area (Å²) in [6.07, 6.45) is 1.85. The lowest BCUT2D eigenvalue weighted by molar-refractivity contribution is 0.274. The van der Waals surface area contributed by atoms with Crippen molar-refractivity contribution in [1.29, 1.82) is 0 Å². The maximum absolute atomic E-state index is 9.73. The van der Waals surface area contributed by atoms with Crippen LogP contribution >= 0.6 is 0 Å². The average Bonchev–Trinajstić information content (AvgIpc) is 2.49. The van der Waals surface area contributed by atoms with E-state index in [0.717, 1.165) is 29.8 Å². The first-order valence-corrected chi connectivity index (χ1v) is 8.03. The second-order valence-corrected chi connectivity index (χ2v) is 6.82. The lowest BCUT2D eigenvalue weighted by Crippen LogP contribution is -2.21. The van der Waals surface area contributed by atoms with Gasteiger partial charge >= 0.3 is 0 Å². The van der Waals surface area contributed by atoms with Gasteiger partial charge in [-0.25, -0.2) is 0 Å². The van der Waals surface area contributed by atoms with Crippen molar-refractivity contribution in [2.24, 2.45) is 0 Å². The maximum Gasteiger partial charge on any atom is 0.0856 e. The van der Waals surface area contributed by atoms with E-state index in [1.807, 2.05) is 0 Å². The highest BCUT2D eigenvalue weighted by molar-refractivity contribution is 5.37. The third kappa shape index (κ3) is 3.56. The standard InChI is InChI=1S/C20H27NO/c1-6-20(4,5)19-15(3)11-17(18(13-22)21-19)12-16-9-7-14(2)8-10-16/h7-11,22H,6,12-13H2,1-5H3. The molecule has 2 nitrogen and oxygen atoms in total. The summed E-state index contributed by atoms with van der Waals surface area (Å²) >= 11 is 0. The van der Waals surface area contributed by atoms with Gasteiger partial charge in [-0.2, -0.15) is 0 Å². The summed E-state index contributed by atoms with van der Waals surface area (Å²) in [5.74, 6) is 0. The molecule has 1 aromatic heterocycles. The van der Waals surface area contributed by atoms with E-state index in [-0.39, 0.29) is 12.0 Å². The Kier molecular flexibility index (Phi) is 5.02. The van der Waals surface area contributed by atoms with Crippen molar-refractivity contribution < 1.29 is 5.11 Å². The molecular weight excluding hydrogens is 270 g/mol. The second-order valence-electron chi connectivity index (χ2n) is 6.82. The summed E-state index contributed by atoms with van der Waals surface area (Å²) in [4.78, 5) is 4.80. The molecule has 0 amide bonds. The second kappa shape index (κ2) is 6.62. The van der Waals surface area contributed by atoms with Crippen LogP contribution in [0.4, 0.5) is 0 Å². The van der Waals surface area contributed by atoms with Gasteiger partial charge < -0.3 is 5.11 Å². The van der Waals surface area contributed by atoms with Gasteiger partial charge in [-0.15, -0.1) is 0 Å². The highest BCUT2D eigenvalue weighted by Crippen LogP contribution is 2.29. The molecule has 0 aliphatic rings. The van der Waals surface area contributed by atoms with Crippen LogP contribution in [0.2, 0.25) is 0 Å². The first-order chi connectivity index (χ1) is 10.4. The van der Waals surface area contributed by atoms with E-state index in [4.69, 9.17) is 4.98 Å². The van der Waals surface area contributed by atoms with Crippen molar-refractivity contribution >= 4 is 0 Å². The number of rotatable bonds is 5. The molecule has 2 aromatic rings. The predicted octanol–water partition coefficient (Wildman–Crippen LogP) is 4.47. The zero-order valence-corrected chi connectivity index (χ0v) is 14.4. The van der Waals surface area contributed by atoms with Crippen LogP contribution in [0.5, 0.6) is 0 Å². The number of pyridine rings is 1. The third-order valence-corrected chi connectivity index (χ3v) is 4.57. The summed E-state index contributed by atoms with van der Waals surface area (Å²) < 4.78 is 0. The molecule has 0 saturated carbocycles. The van der Waals surface area contributed by atoms with Gasteiger partial charge in [-0.3, -0.25) is 4.98 Å². The van der Waals surface area contributed by atoms with Crippen LogP contribution in [0, 0.1) is 13.8 Å². The molecule has 1 heterocycles. The minimum absolute atomic E-state index is 0.00569. The molecule has 0 atom stereocenters. The van der Waals surface area contributed by atoms with Gasteiger partial charge in [-0.1, -0.05) is 56.7 Å². The zero-order chi connectivity index (χ0) is 16.3. The zero-order valence-electron chi connectivity index (χ0n) is 14.4. The number of hydrogen-bond donors (Lipinski definition) is 1. The molecule has 0 radical (unpaired) electrons. The molecule has 0 spiro atoms. The molecule has 0 saturated heterocycles. The minimum atomic E-state index is -0.00569. The SMILES string of the molecule is CCC(C)(C)c1nc(CO)c(Cc2ccc(C)cc2)cc1C. The summed E-state index contributed by atoms with van der Waals surface area (Å²) in [5, 5.41) is 9.73. The van der Waals surface area contributed by atoms with Gasteiger partial charge in [0.2, 0.25) is 0 Å². The van der Waals surface area contributed by atoms with E-state index in [2.05, 4.69) is 65.0 Å². The molecule has 2 heteroatoms. The molecule has 0 unspecified atom stereocenters. The van der Waals surface area contributed by atoms with Crippen LogP contribution in [-0.2, 0) is 18.4 Å². The first kappa shape index (κ1) is 16.7. The molecule has 118 valence electrons. The number of aryl methyl sites for hydroxylation is 2. The fourth-order valence-corrected chi connectivity index (χ4v) is 2.78. The van der Waals surface area contributed by atoms with Gasteiger partial charge in [0.25, 0.3) is 0 Å². The van der Waals surface area contributed by atoms with Gasteiger partial charge in [0, 0.05) is 11.1 Å². The van der Waals surface area contributed by atoms with Crippen LogP contribution in [0.1, 0.15) is 60.8 Å². The quantitative estimate of drug-likeness (QED) is 0.883. The number of aliphatic hydroxyl groups is 1. The van der Waals surface area contributed by atoms with E-state index in [1.54, 1.807) is 0 Å². The smallest absolute Gasteiger partial charge is 0.0856 e. The Balaban J connectivity index is 2.40. The van der Waals surface area contributed by atoms with Crippen molar-refractivity contribution in [3.8, 4) is 0 Å². The maximum atomic E-state index is 9.73. The fraction of sp³-hybridized carbons (Fsp3) is 0.450. The van der Waals surface area contributed by atoms with Crippen molar-refractivity contribution in [3.63, 3.8) is 0 Å². The Hall–Kier alpha value is -1.67.